The summed E-state index contributed by atoms with van der Waals surface area (Å²) in [4.78, 5) is 5.71. The van der Waals surface area contributed by atoms with Crippen molar-refractivity contribution in [1.29, 1.82) is 0 Å². The third kappa shape index (κ3) is 4.14. The molecule has 0 aliphatic carbocycles. The Morgan fingerprint density at radius 2 is 1.74 bits per heavy atom. The van der Waals surface area contributed by atoms with Crippen molar-refractivity contribution in [3.63, 3.8) is 0 Å². The van der Waals surface area contributed by atoms with E-state index in [1.807, 2.05) is 37.4 Å². The van der Waals surface area contributed by atoms with Crippen LogP contribution >= 0.6 is 11.8 Å². The molecule has 0 amide bonds. The van der Waals surface area contributed by atoms with Crippen molar-refractivity contribution in [3.05, 3.63) is 54.1 Å². The van der Waals surface area contributed by atoms with E-state index in [0.717, 1.165) is 17.0 Å². The zero-order valence-electron chi connectivity index (χ0n) is 11.2. The standard InChI is InChI=1S/C16H17NOS/c1-3-18-15-8-6-14(7-9-15)17-12-13-4-10-16(19-2)11-5-13/h4-12H,3H2,1-2H3. The zero-order valence-corrected chi connectivity index (χ0v) is 12.0. The first kappa shape index (κ1) is 13.7. The van der Waals surface area contributed by atoms with Crippen molar-refractivity contribution in [2.45, 2.75) is 11.8 Å². The molecule has 2 aromatic carbocycles. The SMILES string of the molecule is CCOc1ccc(N=Cc2ccc(SC)cc2)cc1. The number of rotatable bonds is 5. The molecule has 2 nitrogen and oxygen atoms in total. The molecule has 0 spiro atoms. The Hall–Kier alpha value is -1.74. The average Bonchev–Trinajstić information content (AvgIpc) is 2.47. The summed E-state index contributed by atoms with van der Waals surface area (Å²) in [6.07, 6.45) is 3.95. The summed E-state index contributed by atoms with van der Waals surface area (Å²) in [5.41, 5.74) is 2.03. The maximum atomic E-state index is 5.39. The number of aliphatic imine (C=N–C) groups is 1. The fourth-order valence-electron chi connectivity index (χ4n) is 1.63. The van der Waals surface area contributed by atoms with Gasteiger partial charge < -0.3 is 4.74 Å². The Labute approximate surface area is 118 Å². The van der Waals surface area contributed by atoms with Crippen LogP contribution in [0.25, 0.3) is 0 Å². The van der Waals surface area contributed by atoms with Crippen molar-refractivity contribution in [3.8, 4) is 5.75 Å². The highest BCUT2D eigenvalue weighted by molar-refractivity contribution is 7.98. The molecule has 0 aliphatic rings. The summed E-state index contributed by atoms with van der Waals surface area (Å²) in [6.45, 7) is 2.66. The van der Waals surface area contributed by atoms with Gasteiger partial charge >= 0.3 is 0 Å². The van der Waals surface area contributed by atoms with Crippen LogP contribution in [0.1, 0.15) is 12.5 Å². The Bertz CT molecular complexity index is 532. The molecular weight excluding hydrogens is 254 g/mol. The van der Waals surface area contributed by atoms with Crippen molar-refractivity contribution < 1.29 is 4.74 Å². The van der Waals surface area contributed by atoms with Crippen LogP contribution in [0.2, 0.25) is 0 Å². The van der Waals surface area contributed by atoms with Gasteiger partial charge in [-0.25, -0.2) is 0 Å². The van der Waals surface area contributed by atoms with Gasteiger partial charge in [0.15, 0.2) is 0 Å². The minimum absolute atomic E-state index is 0.685. The highest BCUT2D eigenvalue weighted by atomic mass is 32.2. The van der Waals surface area contributed by atoms with E-state index in [4.69, 9.17) is 4.74 Å². The molecule has 0 unspecified atom stereocenters. The highest BCUT2D eigenvalue weighted by Gasteiger charge is 1.93. The van der Waals surface area contributed by atoms with Gasteiger partial charge in [0.05, 0.1) is 12.3 Å². The molecule has 0 aliphatic heterocycles. The summed E-state index contributed by atoms with van der Waals surface area (Å²) in [5, 5.41) is 0. The van der Waals surface area contributed by atoms with Crippen molar-refractivity contribution in [2.75, 3.05) is 12.9 Å². The van der Waals surface area contributed by atoms with Crippen LogP contribution in [-0.2, 0) is 0 Å². The number of nitrogens with zero attached hydrogens (tertiary/aromatic N) is 1. The lowest BCUT2D eigenvalue weighted by Crippen LogP contribution is -1.89. The van der Waals surface area contributed by atoms with E-state index in [-0.39, 0.29) is 0 Å². The van der Waals surface area contributed by atoms with Crippen LogP contribution < -0.4 is 4.74 Å². The Balaban J connectivity index is 2.04. The van der Waals surface area contributed by atoms with Gasteiger partial charge in [-0.05, 0) is 55.1 Å². The first-order chi connectivity index (χ1) is 9.31. The van der Waals surface area contributed by atoms with E-state index >= 15 is 0 Å². The summed E-state index contributed by atoms with van der Waals surface area (Å²) in [7, 11) is 0. The first-order valence-electron chi connectivity index (χ1n) is 6.23. The first-order valence-corrected chi connectivity index (χ1v) is 7.45. The molecule has 0 saturated carbocycles. The second-order valence-electron chi connectivity index (χ2n) is 3.96. The minimum Gasteiger partial charge on any atom is -0.494 e. The minimum atomic E-state index is 0.685. The van der Waals surface area contributed by atoms with Gasteiger partial charge in [-0.15, -0.1) is 11.8 Å². The van der Waals surface area contributed by atoms with Gasteiger partial charge in [-0.1, -0.05) is 12.1 Å². The van der Waals surface area contributed by atoms with Crippen molar-refractivity contribution in [2.24, 2.45) is 4.99 Å². The highest BCUT2D eigenvalue weighted by Crippen LogP contribution is 2.18. The normalized spacial score (nSPS) is 10.8. The van der Waals surface area contributed by atoms with Gasteiger partial charge in [0.25, 0.3) is 0 Å². The number of benzene rings is 2. The Morgan fingerprint density at radius 3 is 2.32 bits per heavy atom. The van der Waals surface area contributed by atoms with E-state index in [1.54, 1.807) is 11.8 Å². The van der Waals surface area contributed by atoms with Crippen LogP contribution in [0.4, 0.5) is 5.69 Å². The van der Waals surface area contributed by atoms with Gasteiger partial charge in [-0.2, -0.15) is 0 Å². The van der Waals surface area contributed by atoms with E-state index < -0.39 is 0 Å². The summed E-state index contributed by atoms with van der Waals surface area (Å²) in [5.74, 6) is 0.880. The quantitative estimate of drug-likeness (QED) is 0.587. The third-order valence-corrected chi connectivity index (χ3v) is 3.37. The van der Waals surface area contributed by atoms with Crippen LogP contribution in [0.5, 0.6) is 5.75 Å². The lowest BCUT2D eigenvalue weighted by Gasteiger charge is -2.02. The molecule has 0 N–H and O–H groups in total. The number of hydrogen-bond acceptors (Lipinski definition) is 3. The molecule has 0 radical (unpaired) electrons. The molecule has 0 fully saturated rings. The zero-order chi connectivity index (χ0) is 13.5. The summed E-state index contributed by atoms with van der Waals surface area (Å²) in [6, 6.07) is 16.1. The van der Waals surface area contributed by atoms with Gasteiger partial charge in [0.1, 0.15) is 5.75 Å². The van der Waals surface area contributed by atoms with Gasteiger partial charge in [0.2, 0.25) is 0 Å². The Morgan fingerprint density at radius 1 is 1.05 bits per heavy atom. The molecule has 0 aromatic heterocycles. The molecule has 0 atom stereocenters. The molecule has 98 valence electrons. The lowest BCUT2D eigenvalue weighted by atomic mass is 10.2. The maximum absolute atomic E-state index is 5.39. The summed E-state index contributed by atoms with van der Waals surface area (Å²) < 4.78 is 5.39. The smallest absolute Gasteiger partial charge is 0.119 e. The largest absolute Gasteiger partial charge is 0.494 e. The lowest BCUT2D eigenvalue weighted by molar-refractivity contribution is 0.340. The number of thioether (sulfide) groups is 1. The summed E-state index contributed by atoms with van der Waals surface area (Å²) >= 11 is 1.74. The molecule has 3 heteroatoms. The number of hydrogen-bond donors (Lipinski definition) is 0. The average molecular weight is 271 g/mol. The van der Waals surface area contributed by atoms with Crippen LogP contribution in [0.15, 0.2) is 58.4 Å². The van der Waals surface area contributed by atoms with E-state index in [2.05, 4.69) is 35.5 Å². The van der Waals surface area contributed by atoms with Crippen LogP contribution in [-0.4, -0.2) is 19.1 Å². The molecule has 19 heavy (non-hydrogen) atoms. The van der Waals surface area contributed by atoms with E-state index in [9.17, 15) is 0 Å². The molecule has 0 heterocycles. The van der Waals surface area contributed by atoms with Crippen molar-refractivity contribution >= 4 is 23.7 Å². The van der Waals surface area contributed by atoms with Crippen molar-refractivity contribution in [1.82, 2.24) is 0 Å². The van der Waals surface area contributed by atoms with Crippen LogP contribution in [0.3, 0.4) is 0 Å². The fourth-order valence-corrected chi connectivity index (χ4v) is 2.04. The number of ether oxygens (including phenoxy) is 1. The maximum Gasteiger partial charge on any atom is 0.119 e. The predicted molar refractivity (Wildman–Crippen MR) is 83.1 cm³/mol. The fraction of sp³-hybridized carbons (Fsp3) is 0.188. The van der Waals surface area contributed by atoms with E-state index in [0.29, 0.717) is 6.61 Å². The monoisotopic (exact) mass is 271 g/mol. The second-order valence-corrected chi connectivity index (χ2v) is 4.84. The molecule has 2 rings (SSSR count). The second kappa shape index (κ2) is 7.00. The van der Waals surface area contributed by atoms with Gasteiger partial charge in [-0.3, -0.25) is 4.99 Å². The molecule has 0 saturated heterocycles. The topological polar surface area (TPSA) is 21.6 Å². The molecule has 0 bridgehead atoms. The Kier molecular flexibility index (Phi) is 5.04. The molecular formula is C16H17NOS. The van der Waals surface area contributed by atoms with E-state index in [1.165, 1.54) is 4.90 Å². The molecule has 2 aromatic rings. The van der Waals surface area contributed by atoms with Gasteiger partial charge in [0, 0.05) is 11.1 Å². The third-order valence-electron chi connectivity index (χ3n) is 2.63. The predicted octanol–water partition coefficient (Wildman–Crippen LogP) is 4.56. The van der Waals surface area contributed by atoms with Crippen LogP contribution in [0, 0.1) is 0 Å².